The average molecular weight is 584 g/mol. The van der Waals surface area contributed by atoms with Crippen LogP contribution in [0, 0.1) is 0 Å². The number of benzene rings is 2. The summed E-state index contributed by atoms with van der Waals surface area (Å²) in [6.45, 7) is 6.32. The summed E-state index contributed by atoms with van der Waals surface area (Å²) < 4.78 is 12.3. The summed E-state index contributed by atoms with van der Waals surface area (Å²) in [6.07, 6.45) is 2.32. The van der Waals surface area contributed by atoms with Crippen molar-refractivity contribution in [3.63, 3.8) is 0 Å². The average Bonchev–Trinajstić information content (AvgIpc) is 2.93. The summed E-state index contributed by atoms with van der Waals surface area (Å²) in [5, 5.41) is 26.1. The molecule has 2 saturated heterocycles. The van der Waals surface area contributed by atoms with Gasteiger partial charge in [-0.1, -0.05) is 30.2 Å². The first-order valence-electron chi connectivity index (χ1n) is 14.3. The molecule has 5 rings (SSSR count). The van der Waals surface area contributed by atoms with Crippen molar-refractivity contribution in [1.82, 2.24) is 15.1 Å². The number of aromatic hydroxyl groups is 1. The molecule has 3 N–H and O–H groups in total. The topological polar surface area (TPSA) is 115 Å². The zero-order valence-electron chi connectivity index (χ0n) is 23.7. The van der Waals surface area contributed by atoms with Gasteiger partial charge in [-0.15, -0.1) is 0 Å². The fourth-order valence-electron chi connectivity index (χ4n) is 5.93. The largest absolute Gasteiger partial charge is 0.507 e. The van der Waals surface area contributed by atoms with E-state index in [1.807, 2.05) is 25.8 Å². The van der Waals surface area contributed by atoms with Crippen LogP contribution in [-0.4, -0.2) is 77.5 Å². The molecular formula is C31H38ClN3O6. The van der Waals surface area contributed by atoms with Crippen LogP contribution in [0.15, 0.2) is 45.6 Å². The van der Waals surface area contributed by atoms with Crippen LogP contribution in [0.3, 0.4) is 0 Å². The second kappa shape index (κ2) is 12.4. The van der Waals surface area contributed by atoms with Crippen molar-refractivity contribution in [1.29, 1.82) is 0 Å². The van der Waals surface area contributed by atoms with Crippen LogP contribution in [0.1, 0.15) is 51.0 Å². The van der Waals surface area contributed by atoms with Crippen LogP contribution in [0.25, 0.3) is 22.3 Å². The van der Waals surface area contributed by atoms with E-state index in [4.69, 9.17) is 20.8 Å². The number of nitrogens with zero attached hydrogens (tertiary/aromatic N) is 2. The molecule has 0 aliphatic carbocycles. The molecule has 1 unspecified atom stereocenters. The first-order chi connectivity index (χ1) is 19.6. The fourth-order valence-corrected chi connectivity index (χ4v) is 6.16. The molecule has 1 amide bonds. The van der Waals surface area contributed by atoms with Crippen molar-refractivity contribution in [2.24, 2.45) is 0 Å². The number of rotatable bonds is 6. The van der Waals surface area contributed by atoms with Gasteiger partial charge in [-0.3, -0.25) is 4.79 Å². The first kappa shape index (κ1) is 29.4. The molecule has 0 saturated carbocycles. The van der Waals surface area contributed by atoms with E-state index in [-0.39, 0.29) is 40.3 Å². The molecule has 2 aliphatic rings. The van der Waals surface area contributed by atoms with E-state index in [1.165, 1.54) is 12.1 Å². The van der Waals surface area contributed by atoms with Crippen molar-refractivity contribution < 1.29 is 24.2 Å². The van der Waals surface area contributed by atoms with Crippen molar-refractivity contribution in [2.75, 3.05) is 33.2 Å². The Kier molecular flexibility index (Phi) is 8.89. The van der Waals surface area contributed by atoms with Gasteiger partial charge in [0.25, 0.3) is 0 Å². The molecule has 41 heavy (non-hydrogen) atoms. The minimum absolute atomic E-state index is 0.0335. The van der Waals surface area contributed by atoms with Crippen LogP contribution in [-0.2, 0) is 0 Å². The Balaban J connectivity index is 1.63. The number of likely N-dealkylation sites (N-methyl/N-ethyl adjacent to an activating group) is 1. The Bertz CT molecular complexity index is 1470. The number of piperidine rings is 2. The molecule has 220 valence electrons. The van der Waals surface area contributed by atoms with Crippen molar-refractivity contribution >= 4 is 28.7 Å². The minimum Gasteiger partial charge on any atom is -0.507 e. The van der Waals surface area contributed by atoms with Crippen LogP contribution in [0.5, 0.6) is 11.5 Å². The second-order valence-electron chi connectivity index (χ2n) is 11.5. The number of hydrogen-bond acceptors (Lipinski definition) is 8. The number of phenolic OH excluding ortho intramolecular Hbond substituents is 1. The molecule has 3 atom stereocenters. The fraction of sp³-hybridized carbons (Fsp3) is 0.484. The number of hydrogen-bond donors (Lipinski definition) is 3. The van der Waals surface area contributed by atoms with Gasteiger partial charge in [0.2, 0.25) is 0 Å². The molecule has 9 nitrogen and oxygen atoms in total. The summed E-state index contributed by atoms with van der Waals surface area (Å²) in [5.41, 5.74) is 0.509. The third kappa shape index (κ3) is 6.23. The number of carbonyl (C=O) groups excluding carboxylic acids is 1. The number of nitrogens with one attached hydrogen (secondary N) is 1. The van der Waals surface area contributed by atoms with E-state index < -0.39 is 23.5 Å². The molecule has 0 spiro atoms. The minimum atomic E-state index is -0.819. The van der Waals surface area contributed by atoms with Gasteiger partial charge in [0.15, 0.2) is 5.43 Å². The monoisotopic (exact) mass is 583 g/mol. The molecular weight excluding hydrogens is 546 g/mol. The van der Waals surface area contributed by atoms with Crippen molar-refractivity contribution in [3.8, 4) is 22.8 Å². The smallest absolute Gasteiger partial charge is 0.415 e. The maximum atomic E-state index is 13.7. The van der Waals surface area contributed by atoms with Gasteiger partial charge in [-0.2, -0.15) is 0 Å². The number of phenols is 1. The van der Waals surface area contributed by atoms with Gasteiger partial charge in [0.05, 0.1) is 11.1 Å². The van der Waals surface area contributed by atoms with Crippen LogP contribution in [0.4, 0.5) is 4.79 Å². The molecule has 3 aromatic rings. The lowest BCUT2D eigenvalue weighted by molar-refractivity contribution is 0.0626. The Morgan fingerprint density at radius 2 is 2.02 bits per heavy atom. The van der Waals surface area contributed by atoms with Gasteiger partial charge in [0, 0.05) is 54.4 Å². The Morgan fingerprint density at radius 1 is 1.24 bits per heavy atom. The third-order valence-corrected chi connectivity index (χ3v) is 8.49. The van der Waals surface area contributed by atoms with Gasteiger partial charge in [-0.25, -0.2) is 4.79 Å². The molecule has 10 heteroatoms. The molecule has 2 aliphatic heterocycles. The molecule has 2 fully saturated rings. The summed E-state index contributed by atoms with van der Waals surface area (Å²) in [7, 11) is 1.92. The summed E-state index contributed by atoms with van der Waals surface area (Å²) in [4.78, 5) is 30.7. The highest BCUT2D eigenvalue weighted by Gasteiger charge is 2.35. The zero-order valence-corrected chi connectivity index (χ0v) is 24.5. The highest BCUT2D eigenvalue weighted by Crippen LogP contribution is 2.44. The van der Waals surface area contributed by atoms with E-state index in [9.17, 15) is 19.8 Å². The lowest BCUT2D eigenvalue weighted by Gasteiger charge is -2.35. The number of carbonyl (C=O) groups is 1. The number of ether oxygens (including phenoxy) is 1. The lowest BCUT2D eigenvalue weighted by Crippen LogP contribution is -2.49. The van der Waals surface area contributed by atoms with E-state index in [1.54, 1.807) is 29.2 Å². The quantitative estimate of drug-likeness (QED) is 0.373. The van der Waals surface area contributed by atoms with Crippen LogP contribution < -0.4 is 15.5 Å². The lowest BCUT2D eigenvalue weighted by atomic mass is 9.85. The maximum Gasteiger partial charge on any atom is 0.415 e. The molecule has 2 aromatic carbocycles. The highest BCUT2D eigenvalue weighted by molar-refractivity contribution is 6.33. The van der Waals surface area contributed by atoms with E-state index >= 15 is 0 Å². The van der Waals surface area contributed by atoms with Gasteiger partial charge in [0.1, 0.15) is 28.2 Å². The SMILES string of the molecule is CC(C)N(CC1CCCCN1)C(=O)Oc1cc(O)c2c(=O)cc(-c3ccccc3Cl)oc2c1[C@H]1CCN(C)C[C@H]1O. The number of halogens is 1. The summed E-state index contributed by atoms with van der Waals surface area (Å²) >= 11 is 6.43. The van der Waals surface area contributed by atoms with E-state index in [0.717, 1.165) is 25.8 Å². The van der Waals surface area contributed by atoms with Gasteiger partial charge < -0.3 is 34.5 Å². The number of amides is 1. The molecule has 0 bridgehead atoms. The third-order valence-electron chi connectivity index (χ3n) is 8.16. The number of β-amino-alcohol motifs (C(OH)–C–C–N with tert-alkyl or cyclic N) is 1. The Morgan fingerprint density at radius 3 is 2.71 bits per heavy atom. The maximum absolute atomic E-state index is 13.7. The normalized spacial score (nSPS) is 21.8. The molecule has 3 heterocycles. The summed E-state index contributed by atoms with van der Waals surface area (Å²) in [6, 6.07) is 9.60. The highest BCUT2D eigenvalue weighted by atomic mass is 35.5. The van der Waals surface area contributed by atoms with E-state index in [0.29, 0.717) is 42.2 Å². The summed E-state index contributed by atoms with van der Waals surface area (Å²) in [5.74, 6) is -0.588. The van der Waals surface area contributed by atoms with E-state index in [2.05, 4.69) is 5.32 Å². The Labute approximate surface area is 244 Å². The van der Waals surface area contributed by atoms with Crippen molar-refractivity contribution in [3.05, 3.63) is 57.2 Å². The number of aliphatic hydroxyl groups excluding tert-OH is 1. The number of fused-ring (bicyclic) bond motifs is 1. The predicted octanol–water partition coefficient (Wildman–Crippen LogP) is 4.95. The second-order valence-corrected chi connectivity index (χ2v) is 11.9. The number of aliphatic hydroxyl groups is 1. The molecule has 1 aromatic heterocycles. The predicted molar refractivity (Wildman–Crippen MR) is 159 cm³/mol. The number of likely N-dealkylation sites (tertiary alicyclic amines) is 1. The van der Waals surface area contributed by atoms with Crippen LogP contribution in [0.2, 0.25) is 5.02 Å². The zero-order chi connectivity index (χ0) is 29.3. The van der Waals surface area contributed by atoms with Crippen LogP contribution >= 0.6 is 11.6 Å². The van der Waals surface area contributed by atoms with Gasteiger partial charge in [-0.05, 0) is 65.4 Å². The van der Waals surface area contributed by atoms with Crippen molar-refractivity contribution in [2.45, 2.75) is 63.6 Å². The molecule has 0 radical (unpaired) electrons. The first-order valence-corrected chi connectivity index (χ1v) is 14.7. The Hall–Kier alpha value is -3.11. The standard InChI is InChI=1S/C31H38ClN3O6/c1-18(2)35(16-19-8-6-7-12-33-19)31(39)41-27-15-24(37)29-23(36)14-26(20-9-4-5-10-22(20)32)40-30(29)28(27)21-11-13-34(3)17-25(21)38/h4-5,9-10,14-15,18-19,21,25,33,37-38H,6-8,11-13,16-17H2,1-3H3/t19?,21-,25+/m0/s1. The van der Waals surface area contributed by atoms with Gasteiger partial charge >= 0.3 is 6.09 Å².